The van der Waals surface area contributed by atoms with Gasteiger partial charge < -0.3 is 15.0 Å². The van der Waals surface area contributed by atoms with Crippen LogP contribution in [0.25, 0.3) is 10.9 Å². The summed E-state index contributed by atoms with van der Waals surface area (Å²) in [4.78, 5) is 15.7. The zero-order valence-electron chi connectivity index (χ0n) is 13.1. The number of aromatic nitrogens is 2. The number of anilines is 2. The lowest BCUT2D eigenvalue weighted by molar-refractivity contribution is 0.0688. The fraction of sp³-hybridized carbons (Fsp3) is 0.222. The van der Waals surface area contributed by atoms with E-state index < -0.39 is 5.97 Å². The van der Waals surface area contributed by atoms with E-state index in [-0.39, 0.29) is 17.2 Å². The van der Waals surface area contributed by atoms with E-state index in [4.69, 9.17) is 0 Å². The number of carbonyl (C=O) groups is 1. The van der Waals surface area contributed by atoms with Crippen molar-refractivity contribution in [1.29, 1.82) is 0 Å². The van der Waals surface area contributed by atoms with Gasteiger partial charge in [0.15, 0.2) is 5.69 Å². The van der Waals surface area contributed by atoms with Gasteiger partial charge in [0, 0.05) is 24.8 Å². The first-order chi connectivity index (χ1) is 11.6. The molecule has 2 aromatic heterocycles. The van der Waals surface area contributed by atoms with E-state index in [1.54, 1.807) is 36.1 Å². The molecule has 0 unspecified atom stereocenters. The molecule has 2 N–H and O–H groups in total. The van der Waals surface area contributed by atoms with Gasteiger partial charge in [0.2, 0.25) is 0 Å². The van der Waals surface area contributed by atoms with E-state index in [1.807, 2.05) is 6.07 Å². The van der Waals surface area contributed by atoms with Crippen molar-refractivity contribution < 1.29 is 14.3 Å². The third-order valence-electron chi connectivity index (χ3n) is 4.51. The molecule has 1 aliphatic rings. The summed E-state index contributed by atoms with van der Waals surface area (Å²) in [5.74, 6) is -0.993. The molecule has 0 amide bonds. The van der Waals surface area contributed by atoms with Crippen molar-refractivity contribution in [2.45, 2.75) is 18.8 Å². The van der Waals surface area contributed by atoms with Gasteiger partial charge in [0.05, 0.1) is 16.9 Å². The van der Waals surface area contributed by atoms with Gasteiger partial charge in [-0.3, -0.25) is 4.98 Å². The summed E-state index contributed by atoms with van der Waals surface area (Å²) in [7, 11) is 1.67. The quantitative estimate of drug-likeness (QED) is 0.760. The maximum atomic E-state index is 14.4. The van der Waals surface area contributed by atoms with Crippen LogP contribution >= 0.6 is 0 Å². The van der Waals surface area contributed by atoms with Gasteiger partial charge in [-0.15, -0.1) is 0 Å². The predicted octanol–water partition coefficient (Wildman–Crippen LogP) is 4.03. The highest BCUT2D eigenvalue weighted by Gasteiger charge is 2.25. The van der Waals surface area contributed by atoms with Gasteiger partial charge in [-0.05, 0) is 42.5 Å². The smallest absolute Gasteiger partial charge is 0.354 e. The van der Waals surface area contributed by atoms with Crippen LogP contribution in [0.4, 0.5) is 15.8 Å². The first kappa shape index (κ1) is 14.7. The predicted molar refractivity (Wildman–Crippen MR) is 89.3 cm³/mol. The van der Waals surface area contributed by atoms with Crippen LogP contribution < -0.4 is 5.32 Å². The van der Waals surface area contributed by atoms with Crippen molar-refractivity contribution in [2.24, 2.45) is 7.05 Å². The third kappa shape index (κ3) is 2.31. The number of rotatable bonds is 4. The lowest BCUT2D eigenvalue weighted by Crippen LogP contribution is -2.07. The Morgan fingerprint density at radius 1 is 1.38 bits per heavy atom. The van der Waals surface area contributed by atoms with Crippen molar-refractivity contribution in [2.75, 3.05) is 5.32 Å². The minimum Gasteiger partial charge on any atom is -0.477 e. The highest BCUT2D eigenvalue weighted by molar-refractivity contribution is 6.07. The molecule has 1 aliphatic carbocycles. The van der Waals surface area contributed by atoms with Crippen LogP contribution in [0.15, 0.2) is 36.7 Å². The number of hydrogen-bond acceptors (Lipinski definition) is 3. The van der Waals surface area contributed by atoms with Crippen LogP contribution in [0.5, 0.6) is 0 Å². The molecule has 122 valence electrons. The lowest BCUT2D eigenvalue weighted by Gasteiger charge is -2.10. The maximum Gasteiger partial charge on any atom is 0.354 e. The van der Waals surface area contributed by atoms with Crippen molar-refractivity contribution in [1.82, 2.24) is 9.55 Å². The van der Waals surface area contributed by atoms with Crippen LogP contribution in [0.3, 0.4) is 0 Å². The summed E-state index contributed by atoms with van der Waals surface area (Å²) in [6, 6.07) is 6.83. The molecule has 1 aromatic carbocycles. The second-order valence-corrected chi connectivity index (χ2v) is 6.12. The molecule has 0 atom stereocenters. The fourth-order valence-corrected chi connectivity index (χ4v) is 3.10. The third-order valence-corrected chi connectivity index (χ3v) is 4.51. The Hall–Kier alpha value is -2.89. The molecular formula is C18H16FN3O2. The fourth-order valence-electron chi connectivity index (χ4n) is 3.10. The lowest BCUT2D eigenvalue weighted by atomic mass is 10.1. The highest BCUT2D eigenvalue weighted by Crippen LogP contribution is 2.41. The van der Waals surface area contributed by atoms with Crippen LogP contribution in [0.1, 0.15) is 34.8 Å². The summed E-state index contributed by atoms with van der Waals surface area (Å²) in [6.45, 7) is 0. The molecule has 0 bridgehead atoms. The number of hydrogen-bond donors (Lipinski definition) is 2. The van der Waals surface area contributed by atoms with Crippen LogP contribution in [-0.2, 0) is 7.05 Å². The van der Waals surface area contributed by atoms with E-state index in [0.717, 1.165) is 23.9 Å². The van der Waals surface area contributed by atoms with Crippen molar-refractivity contribution in [3.05, 3.63) is 53.7 Å². The molecule has 0 aliphatic heterocycles. The second kappa shape index (κ2) is 5.33. The topological polar surface area (TPSA) is 67.2 Å². The molecule has 4 rings (SSSR count). The number of aromatic carboxylic acids is 1. The highest BCUT2D eigenvalue weighted by atomic mass is 19.1. The van der Waals surface area contributed by atoms with Crippen LogP contribution in [0.2, 0.25) is 0 Å². The van der Waals surface area contributed by atoms with E-state index >= 15 is 0 Å². The van der Waals surface area contributed by atoms with Gasteiger partial charge in [0.25, 0.3) is 0 Å². The molecule has 24 heavy (non-hydrogen) atoms. The Balaban J connectivity index is 1.82. The Labute approximate surface area is 137 Å². The Kier molecular flexibility index (Phi) is 3.26. The molecule has 2 heterocycles. The van der Waals surface area contributed by atoms with Gasteiger partial charge in [-0.1, -0.05) is 6.07 Å². The van der Waals surface area contributed by atoms with Crippen LogP contribution in [-0.4, -0.2) is 20.6 Å². The number of nitrogens with zero attached hydrogens (tertiary/aromatic N) is 2. The molecule has 3 aromatic rings. The monoisotopic (exact) mass is 325 g/mol. The number of aryl methyl sites for hydroxylation is 1. The first-order valence-corrected chi connectivity index (χ1v) is 7.78. The first-order valence-electron chi connectivity index (χ1n) is 7.78. The Morgan fingerprint density at radius 2 is 2.17 bits per heavy atom. The number of pyridine rings is 1. The average molecular weight is 325 g/mol. The summed E-state index contributed by atoms with van der Waals surface area (Å²) >= 11 is 0. The zero-order chi connectivity index (χ0) is 16.8. The normalized spacial score (nSPS) is 14.1. The number of fused-ring (bicyclic) bond motifs is 1. The summed E-state index contributed by atoms with van der Waals surface area (Å²) < 4.78 is 16.0. The molecule has 1 saturated carbocycles. The summed E-state index contributed by atoms with van der Waals surface area (Å²) in [5, 5.41) is 13.1. The van der Waals surface area contributed by atoms with Gasteiger partial charge >= 0.3 is 5.97 Å². The average Bonchev–Trinajstić information content (AvgIpc) is 3.36. The Bertz CT molecular complexity index is 960. The number of benzene rings is 1. The molecular weight excluding hydrogens is 309 g/mol. The number of halogens is 1. The van der Waals surface area contributed by atoms with E-state index in [2.05, 4.69) is 10.3 Å². The second-order valence-electron chi connectivity index (χ2n) is 6.12. The molecule has 0 saturated heterocycles. The summed E-state index contributed by atoms with van der Waals surface area (Å²) in [5.41, 5.74) is 2.41. The van der Waals surface area contributed by atoms with Crippen molar-refractivity contribution in [3.63, 3.8) is 0 Å². The molecule has 1 fully saturated rings. The Morgan fingerprint density at radius 3 is 2.83 bits per heavy atom. The van der Waals surface area contributed by atoms with Gasteiger partial charge in [0.1, 0.15) is 5.82 Å². The summed E-state index contributed by atoms with van der Waals surface area (Å²) in [6.07, 6.45) is 5.39. The van der Waals surface area contributed by atoms with Crippen molar-refractivity contribution >= 4 is 28.2 Å². The molecule has 0 radical (unpaired) electrons. The largest absolute Gasteiger partial charge is 0.477 e. The number of carboxylic acid groups (broad SMARTS) is 1. The van der Waals surface area contributed by atoms with E-state index in [0.29, 0.717) is 17.0 Å². The number of carboxylic acids is 1. The van der Waals surface area contributed by atoms with Gasteiger partial charge in [-0.25, -0.2) is 9.18 Å². The molecule has 5 nitrogen and oxygen atoms in total. The minimum atomic E-state index is -1.08. The standard InChI is InChI=1S/C18H16FN3O2/c1-22-15-6-7-20-9-12(15)16(17(22)18(23)24)21-14-5-4-11(8-13(14)19)10-2-3-10/h4-10,21H,2-3H2,1H3,(H,23,24). The van der Waals surface area contributed by atoms with E-state index in [1.165, 1.54) is 6.07 Å². The molecule has 0 spiro atoms. The SMILES string of the molecule is Cn1c(C(=O)O)c(Nc2ccc(C3CC3)cc2F)c2cnccc21. The minimum absolute atomic E-state index is 0.0728. The van der Waals surface area contributed by atoms with Crippen LogP contribution in [0, 0.1) is 5.82 Å². The zero-order valence-corrected chi connectivity index (χ0v) is 13.1. The van der Waals surface area contributed by atoms with Gasteiger partial charge in [-0.2, -0.15) is 0 Å². The van der Waals surface area contributed by atoms with Crippen molar-refractivity contribution in [3.8, 4) is 0 Å². The number of nitrogens with one attached hydrogen (secondary N) is 1. The van der Waals surface area contributed by atoms with E-state index in [9.17, 15) is 14.3 Å². The molecule has 6 heteroatoms. The maximum absolute atomic E-state index is 14.4.